The van der Waals surface area contributed by atoms with Gasteiger partial charge in [0.1, 0.15) is 11.6 Å². The Bertz CT molecular complexity index is 1240. The maximum atomic E-state index is 12.9. The van der Waals surface area contributed by atoms with Crippen molar-refractivity contribution in [1.29, 1.82) is 0 Å². The maximum Gasteiger partial charge on any atom is 0.343 e. The van der Waals surface area contributed by atoms with Gasteiger partial charge in [-0.15, -0.1) is 0 Å². The lowest BCUT2D eigenvalue weighted by atomic mass is 10.2. The SMILES string of the molecule is CCOc1cc(/C=N\NC(=O)CNC(=O)c2ccc(F)cc2)ccc1OC(=O)c1ccc(OC)cc1. The normalized spacial score (nSPS) is 10.5. The molecule has 0 spiro atoms. The first-order valence-electron chi connectivity index (χ1n) is 10.9. The van der Waals surface area contributed by atoms with Gasteiger partial charge in [0, 0.05) is 5.56 Å². The van der Waals surface area contributed by atoms with Crippen LogP contribution in [0, 0.1) is 5.82 Å². The van der Waals surface area contributed by atoms with Crippen LogP contribution in [-0.2, 0) is 4.79 Å². The highest BCUT2D eigenvalue weighted by molar-refractivity contribution is 5.96. The van der Waals surface area contributed by atoms with Crippen molar-refractivity contribution < 1.29 is 33.0 Å². The first-order valence-corrected chi connectivity index (χ1v) is 10.9. The Morgan fingerprint density at radius 2 is 1.64 bits per heavy atom. The number of benzene rings is 3. The molecule has 36 heavy (non-hydrogen) atoms. The molecule has 0 radical (unpaired) electrons. The van der Waals surface area contributed by atoms with Crippen LogP contribution >= 0.6 is 0 Å². The summed E-state index contributed by atoms with van der Waals surface area (Å²) in [4.78, 5) is 36.4. The Hall–Kier alpha value is -4.73. The number of halogens is 1. The van der Waals surface area contributed by atoms with Crippen LogP contribution in [0.5, 0.6) is 17.2 Å². The predicted octanol–water partition coefficient (Wildman–Crippen LogP) is 3.33. The second-order valence-corrected chi connectivity index (χ2v) is 7.24. The third kappa shape index (κ3) is 7.39. The van der Waals surface area contributed by atoms with Crippen LogP contribution in [0.15, 0.2) is 71.8 Å². The number of nitrogens with one attached hydrogen (secondary N) is 2. The van der Waals surface area contributed by atoms with E-state index in [9.17, 15) is 18.8 Å². The van der Waals surface area contributed by atoms with E-state index < -0.39 is 23.6 Å². The van der Waals surface area contributed by atoms with Gasteiger partial charge in [-0.25, -0.2) is 14.6 Å². The lowest BCUT2D eigenvalue weighted by molar-refractivity contribution is -0.120. The molecule has 0 saturated heterocycles. The number of ether oxygens (including phenoxy) is 3. The van der Waals surface area contributed by atoms with Gasteiger partial charge >= 0.3 is 5.97 Å². The average Bonchev–Trinajstić information content (AvgIpc) is 2.89. The average molecular weight is 493 g/mol. The second-order valence-electron chi connectivity index (χ2n) is 7.24. The Morgan fingerprint density at radius 1 is 0.944 bits per heavy atom. The smallest absolute Gasteiger partial charge is 0.343 e. The van der Waals surface area contributed by atoms with Gasteiger partial charge in [0.2, 0.25) is 0 Å². The third-order valence-electron chi connectivity index (χ3n) is 4.71. The van der Waals surface area contributed by atoms with Crippen LogP contribution < -0.4 is 25.0 Å². The number of methoxy groups -OCH3 is 1. The molecule has 2 N–H and O–H groups in total. The molecule has 3 aromatic rings. The number of carbonyl (C=O) groups excluding carboxylic acids is 3. The van der Waals surface area contributed by atoms with Crippen molar-refractivity contribution in [1.82, 2.24) is 10.7 Å². The van der Waals surface area contributed by atoms with Crippen molar-refractivity contribution >= 4 is 24.0 Å². The molecule has 0 fully saturated rings. The molecule has 0 aromatic heterocycles. The summed E-state index contributed by atoms with van der Waals surface area (Å²) >= 11 is 0. The minimum Gasteiger partial charge on any atom is -0.497 e. The van der Waals surface area contributed by atoms with Crippen LogP contribution in [0.3, 0.4) is 0 Å². The summed E-state index contributed by atoms with van der Waals surface area (Å²) in [5.74, 6) is -0.937. The van der Waals surface area contributed by atoms with E-state index in [4.69, 9.17) is 14.2 Å². The molecule has 0 aliphatic rings. The molecule has 0 atom stereocenters. The molecule has 10 heteroatoms. The lowest BCUT2D eigenvalue weighted by Gasteiger charge is -2.11. The summed E-state index contributed by atoms with van der Waals surface area (Å²) in [7, 11) is 1.53. The van der Waals surface area contributed by atoms with Gasteiger partial charge in [-0.3, -0.25) is 9.59 Å². The first kappa shape index (κ1) is 25.9. The Morgan fingerprint density at radius 3 is 2.31 bits per heavy atom. The first-order chi connectivity index (χ1) is 17.4. The van der Waals surface area contributed by atoms with E-state index in [2.05, 4.69) is 15.8 Å². The van der Waals surface area contributed by atoms with Gasteiger partial charge in [0.15, 0.2) is 11.5 Å². The molecule has 0 aliphatic carbocycles. The Labute approximate surface area is 206 Å². The summed E-state index contributed by atoms with van der Waals surface area (Å²) in [5.41, 5.74) is 3.43. The molecule has 0 heterocycles. The zero-order valence-corrected chi connectivity index (χ0v) is 19.6. The molecule has 9 nitrogen and oxygen atoms in total. The fraction of sp³-hybridized carbons (Fsp3) is 0.154. The highest BCUT2D eigenvalue weighted by atomic mass is 19.1. The molecule has 0 saturated carbocycles. The zero-order valence-electron chi connectivity index (χ0n) is 19.6. The largest absolute Gasteiger partial charge is 0.497 e. The van der Waals surface area contributed by atoms with E-state index in [1.807, 2.05) is 0 Å². The van der Waals surface area contributed by atoms with Crippen molar-refractivity contribution in [3.05, 3.63) is 89.2 Å². The van der Waals surface area contributed by atoms with Gasteiger partial charge in [-0.2, -0.15) is 5.10 Å². The highest BCUT2D eigenvalue weighted by Gasteiger charge is 2.14. The summed E-state index contributed by atoms with van der Waals surface area (Å²) in [6, 6.07) is 16.2. The number of esters is 1. The molecule has 186 valence electrons. The minimum absolute atomic E-state index is 0.224. The van der Waals surface area contributed by atoms with E-state index in [0.717, 1.165) is 12.1 Å². The summed E-state index contributed by atoms with van der Waals surface area (Å²) in [6.07, 6.45) is 1.37. The van der Waals surface area contributed by atoms with E-state index in [-0.39, 0.29) is 17.9 Å². The van der Waals surface area contributed by atoms with Gasteiger partial charge in [0.25, 0.3) is 11.8 Å². The molecule has 3 rings (SSSR count). The van der Waals surface area contributed by atoms with E-state index in [0.29, 0.717) is 29.2 Å². The van der Waals surface area contributed by atoms with Crippen LogP contribution in [0.2, 0.25) is 0 Å². The molecule has 3 aromatic carbocycles. The van der Waals surface area contributed by atoms with Crippen LogP contribution in [0.4, 0.5) is 4.39 Å². The Balaban J connectivity index is 1.56. The number of amides is 2. The van der Waals surface area contributed by atoms with E-state index >= 15 is 0 Å². The fourth-order valence-electron chi connectivity index (χ4n) is 2.93. The van der Waals surface area contributed by atoms with Crippen molar-refractivity contribution in [2.45, 2.75) is 6.92 Å². The standard InChI is InChI=1S/C26H24FN3O6/c1-3-35-23-14-17(4-13-22(23)36-26(33)19-7-11-21(34-2)12-8-19)15-29-30-24(31)16-28-25(32)18-5-9-20(27)10-6-18/h4-15H,3,16H2,1-2H3,(H,28,32)(H,30,31)/b29-15-. The monoisotopic (exact) mass is 493 g/mol. The summed E-state index contributed by atoms with van der Waals surface area (Å²) < 4.78 is 29.1. The fourth-order valence-corrected chi connectivity index (χ4v) is 2.93. The molecular formula is C26H24FN3O6. The van der Waals surface area contributed by atoms with E-state index in [1.165, 1.54) is 25.5 Å². The number of carbonyl (C=O) groups is 3. The van der Waals surface area contributed by atoms with Gasteiger partial charge < -0.3 is 19.5 Å². The van der Waals surface area contributed by atoms with Crippen molar-refractivity contribution in [3.63, 3.8) is 0 Å². The predicted molar refractivity (Wildman–Crippen MR) is 130 cm³/mol. The maximum absolute atomic E-state index is 12.9. The third-order valence-corrected chi connectivity index (χ3v) is 4.71. The van der Waals surface area contributed by atoms with Crippen molar-refractivity contribution in [2.75, 3.05) is 20.3 Å². The zero-order chi connectivity index (χ0) is 25.9. The molecular weight excluding hydrogens is 469 g/mol. The summed E-state index contributed by atoms with van der Waals surface area (Å²) in [5, 5.41) is 6.27. The van der Waals surface area contributed by atoms with Crippen molar-refractivity contribution in [2.24, 2.45) is 5.10 Å². The number of hydrazone groups is 1. The number of rotatable bonds is 10. The molecule has 0 aliphatic heterocycles. The number of nitrogens with zero attached hydrogens (tertiary/aromatic N) is 1. The number of hydrogen-bond donors (Lipinski definition) is 2. The molecule has 0 unspecified atom stereocenters. The van der Waals surface area contributed by atoms with Gasteiger partial charge in [-0.05, 0) is 79.2 Å². The molecule has 0 bridgehead atoms. The second kappa shape index (κ2) is 12.7. The van der Waals surface area contributed by atoms with Crippen LogP contribution in [-0.4, -0.2) is 44.3 Å². The minimum atomic E-state index is -0.560. The quantitative estimate of drug-likeness (QED) is 0.194. The Kier molecular flexibility index (Phi) is 9.10. The van der Waals surface area contributed by atoms with Gasteiger partial charge in [-0.1, -0.05) is 0 Å². The topological polar surface area (TPSA) is 115 Å². The molecule has 2 amide bonds. The highest BCUT2D eigenvalue weighted by Crippen LogP contribution is 2.29. The van der Waals surface area contributed by atoms with Gasteiger partial charge in [0.05, 0.1) is 32.0 Å². The summed E-state index contributed by atoms with van der Waals surface area (Å²) in [6.45, 7) is 1.80. The lowest BCUT2D eigenvalue weighted by Crippen LogP contribution is -2.34. The van der Waals surface area contributed by atoms with Crippen LogP contribution in [0.25, 0.3) is 0 Å². The number of hydrogen-bond acceptors (Lipinski definition) is 7. The van der Waals surface area contributed by atoms with Crippen molar-refractivity contribution in [3.8, 4) is 17.2 Å². The van der Waals surface area contributed by atoms with Crippen LogP contribution in [0.1, 0.15) is 33.2 Å². The van der Waals surface area contributed by atoms with E-state index in [1.54, 1.807) is 49.4 Å².